The summed E-state index contributed by atoms with van der Waals surface area (Å²) in [5.74, 6) is 0. The van der Waals surface area contributed by atoms with Crippen molar-refractivity contribution in [3.8, 4) is 6.19 Å². The van der Waals surface area contributed by atoms with Crippen molar-refractivity contribution in [3.05, 3.63) is 0 Å². The van der Waals surface area contributed by atoms with Crippen LogP contribution in [0.4, 0.5) is 0 Å². The second kappa shape index (κ2) is 5.99. The summed E-state index contributed by atoms with van der Waals surface area (Å²) < 4.78 is 0. The normalized spacial score (nSPS) is 20.0. The first-order valence-electron chi connectivity index (χ1n) is 5.11. The number of amidine groups is 1. The molecule has 1 aliphatic rings. The Morgan fingerprint density at radius 3 is 2.60 bits per heavy atom. The van der Waals surface area contributed by atoms with Gasteiger partial charge in [0.15, 0.2) is 5.17 Å². The van der Waals surface area contributed by atoms with Crippen LogP contribution in [0.25, 0.3) is 0 Å². The van der Waals surface area contributed by atoms with E-state index in [1.807, 2.05) is 19.5 Å². The monoisotopic (exact) mass is 226 g/mol. The van der Waals surface area contributed by atoms with Crippen LogP contribution >= 0.6 is 11.8 Å². The standard InChI is InChI=1S/C10H18N4S/c1-13-6-4-9(5-7-13)14(2)10(15-3)12-8-11/h9H,4-7H2,1-3H3. The lowest BCUT2D eigenvalue weighted by Crippen LogP contribution is -2.43. The highest BCUT2D eigenvalue weighted by Gasteiger charge is 2.22. The summed E-state index contributed by atoms with van der Waals surface area (Å²) >= 11 is 1.54. The summed E-state index contributed by atoms with van der Waals surface area (Å²) in [6.07, 6.45) is 6.12. The van der Waals surface area contributed by atoms with Crippen LogP contribution in [0.2, 0.25) is 0 Å². The van der Waals surface area contributed by atoms with E-state index in [2.05, 4.69) is 21.8 Å². The van der Waals surface area contributed by atoms with Gasteiger partial charge in [0.2, 0.25) is 6.19 Å². The molecule has 0 amide bonds. The van der Waals surface area contributed by atoms with Crippen molar-refractivity contribution in [1.82, 2.24) is 9.80 Å². The lowest BCUT2D eigenvalue weighted by molar-refractivity contribution is 0.194. The first-order chi connectivity index (χ1) is 7.19. The number of rotatable bonds is 1. The van der Waals surface area contributed by atoms with E-state index in [0.29, 0.717) is 6.04 Å². The van der Waals surface area contributed by atoms with Gasteiger partial charge in [-0.3, -0.25) is 0 Å². The summed E-state index contributed by atoms with van der Waals surface area (Å²) in [7, 11) is 4.18. The number of nitriles is 1. The number of nitrogens with zero attached hydrogens (tertiary/aromatic N) is 4. The van der Waals surface area contributed by atoms with Crippen LogP contribution in [0, 0.1) is 11.5 Å². The molecule has 0 aliphatic carbocycles. The van der Waals surface area contributed by atoms with Gasteiger partial charge in [-0.05, 0) is 39.2 Å². The highest BCUT2D eigenvalue weighted by atomic mass is 32.2. The van der Waals surface area contributed by atoms with E-state index < -0.39 is 0 Å². The van der Waals surface area contributed by atoms with Crippen molar-refractivity contribution in [2.75, 3.05) is 33.4 Å². The molecule has 1 fully saturated rings. The number of aliphatic imine (C=N–C) groups is 1. The number of hydrogen-bond acceptors (Lipinski definition) is 4. The molecular weight excluding hydrogens is 208 g/mol. The molecule has 0 saturated carbocycles. The van der Waals surface area contributed by atoms with E-state index >= 15 is 0 Å². The molecule has 84 valence electrons. The lowest BCUT2D eigenvalue weighted by atomic mass is 10.1. The first kappa shape index (κ1) is 12.3. The molecule has 0 aromatic carbocycles. The van der Waals surface area contributed by atoms with Gasteiger partial charge >= 0.3 is 0 Å². The zero-order valence-corrected chi connectivity index (χ0v) is 10.4. The minimum atomic E-state index is 0.528. The van der Waals surface area contributed by atoms with E-state index in [-0.39, 0.29) is 0 Å². The Morgan fingerprint density at radius 2 is 2.13 bits per heavy atom. The molecule has 5 heteroatoms. The van der Waals surface area contributed by atoms with Crippen molar-refractivity contribution >= 4 is 16.9 Å². The molecule has 1 saturated heterocycles. The van der Waals surface area contributed by atoms with Gasteiger partial charge in [0.1, 0.15) is 0 Å². The van der Waals surface area contributed by atoms with E-state index in [9.17, 15) is 0 Å². The lowest BCUT2D eigenvalue weighted by Gasteiger charge is -2.35. The van der Waals surface area contributed by atoms with Gasteiger partial charge in [0.25, 0.3) is 0 Å². The third-order valence-corrected chi connectivity index (χ3v) is 3.61. The number of likely N-dealkylation sites (tertiary alicyclic amines) is 1. The molecule has 0 N–H and O–H groups in total. The van der Waals surface area contributed by atoms with E-state index in [1.165, 1.54) is 11.8 Å². The van der Waals surface area contributed by atoms with Crippen LogP contribution in [0.1, 0.15) is 12.8 Å². The Labute approximate surface area is 95.9 Å². The smallest absolute Gasteiger partial charge is 0.208 e. The minimum Gasteiger partial charge on any atom is -0.351 e. The number of hydrogen-bond donors (Lipinski definition) is 0. The van der Waals surface area contributed by atoms with E-state index in [4.69, 9.17) is 5.26 Å². The van der Waals surface area contributed by atoms with Crippen LogP contribution < -0.4 is 0 Å². The molecule has 0 unspecified atom stereocenters. The maximum absolute atomic E-state index is 8.57. The topological polar surface area (TPSA) is 42.6 Å². The largest absolute Gasteiger partial charge is 0.351 e. The van der Waals surface area contributed by atoms with Crippen LogP contribution in [0.3, 0.4) is 0 Å². The highest BCUT2D eigenvalue weighted by Crippen LogP contribution is 2.17. The average Bonchev–Trinajstić information content (AvgIpc) is 2.26. The fraction of sp³-hybridized carbons (Fsp3) is 0.800. The number of piperidine rings is 1. The minimum absolute atomic E-state index is 0.528. The fourth-order valence-electron chi connectivity index (χ4n) is 1.85. The van der Waals surface area contributed by atoms with E-state index in [0.717, 1.165) is 31.1 Å². The molecule has 1 rings (SSSR count). The Morgan fingerprint density at radius 1 is 1.53 bits per heavy atom. The molecule has 1 aliphatic heterocycles. The third kappa shape index (κ3) is 3.40. The summed E-state index contributed by atoms with van der Waals surface area (Å²) in [6.45, 7) is 2.26. The predicted molar refractivity (Wildman–Crippen MR) is 64.8 cm³/mol. The van der Waals surface area contributed by atoms with Gasteiger partial charge in [-0.25, -0.2) is 0 Å². The van der Waals surface area contributed by atoms with Gasteiger partial charge in [-0.15, -0.1) is 4.99 Å². The van der Waals surface area contributed by atoms with Gasteiger partial charge in [0.05, 0.1) is 0 Å². The van der Waals surface area contributed by atoms with E-state index in [1.54, 1.807) is 0 Å². The van der Waals surface area contributed by atoms with Crippen LogP contribution in [-0.4, -0.2) is 54.4 Å². The molecule has 1 heterocycles. The Balaban J connectivity index is 2.56. The quantitative estimate of drug-likeness (QED) is 0.383. The van der Waals surface area contributed by atoms with Crippen molar-refractivity contribution in [2.45, 2.75) is 18.9 Å². The van der Waals surface area contributed by atoms with Crippen molar-refractivity contribution < 1.29 is 0 Å². The molecular formula is C10H18N4S. The summed E-state index contributed by atoms with van der Waals surface area (Å²) in [6, 6.07) is 0.528. The Hall–Kier alpha value is -0.730. The molecule has 15 heavy (non-hydrogen) atoms. The Bertz CT molecular complexity index is 263. The van der Waals surface area contributed by atoms with Crippen molar-refractivity contribution in [3.63, 3.8) is 0 Å². The molecule has 0 aromatic heterocycles. The van der Waals surface area contributed by atoms with Gasteiger partial charge in [0, 0.05) is 13.1 Å². The third-order valence-electron chi connectivity index (χ3n) is 2.87. The summed E-state index contributed by atoms with van der Waals surface area (Å²) in [5.41, 5.74) is 0. The summed E-state index contributed by atoms with van der Waals surface area (Å²) in [4.78, 5) is 8.31. The first-order valence-corrected chi connectivity index (χ1v) is 6.33. The zero-order chi connectivity index (χ0) is 11.3. The molecule has 0 spiro atoms. The molecule has 0 aromatic rings. The number of thioether (sulfide) groups is 1. The highest BCUT2D eigenvalue weighted by molar-refractivity contribution is 8.13. The van der Waals surface area contributed by atoms with Gasteiger partial charge in [-0.1, -0.05) is 11.8 Å². The molecule has 0 bridgehead atoms. The molecule has 4 nitrogen and oxygen atoms in total. The van der Waals surface area contributed by atoms with Crippen LogP contribution in [-0.2, 0) is 0 Å². The Kier molecular flexibility index (Phi) is 4.92. The van der Waals surface area contributed by atoms with Crippen LogP contribution in [0.15, 0.2) is 4.99 Å². The van der Waals surface area contributed by atoms with Crippen LogP contribution in [0.5, 0.6) is 0 Å². The second-order valence-electron chi connectivity index (χ2n) is 3.84. The maximum Gasteiger partial charge on any atom is 0.208 e. The average molecular weight is 226 g/mol. The predicted octanol–water partition coefficient (Wildman–Crippen LogP) is 1.21. The zero-order valence-electron chi connectivity index (χ0n) is 9.60. The SMILES string of the molecule is CSC(=NC#N)N(C)C1CCN(C)CC1. The fourth-order valence-corrected chi connectivity index (χ4v) is 2.42. The molecule has 0 atom stereocenters. The van der Waals surface area contributed by atoms with Gasteiger partial charge in [-0.2, -0.15) is 5.26 Å². The molecule has 0 radical (unpaired) electrons. The van der Waals surface area contributed by atoms with Crippen molar-refractivity contribution in [1.29, 1.82) is 5.26 Å². The summed E-state index contributed by atoms with van der Waals surface area (Å²) in [5, 5.41) is 9.40. The second-order valence-corrected chi connectivity index (χ2v) is 4.62. The van der Waals surface area contributed by atoms with Crippen molar-refractivity contribution in [2.24, 2.45) is 4.99 Å². The maximum atomic E-state index is 8.57. The van der Waals surface area contributed by atoms with Gasteiger partial charge < -0.3 is 9.80 Å².